The molecule has 4 heavy (non-hydrogen) atoms. The Kier molecular flexibility index (Phi) is 3.90. The molecule has 26 valence electrons. The molecule has 0 aromatic heterocycles. The Morgan fingerprint density at radius 1 is 1.50 bits per heavy atom. The predicted octanol–water partition coefficient (Wildman–Crippen LogP) is 0.406. The van der Waals surface area contributed by atoms with Gasteiger partial charge >= 0.3 is 42.8 Å². The zero-order chi connectivity index (χ0) is 3.58. The molecule has 0 rings (SSSR count). The van der Waals surface area contributed by atoms with E-state index in [9.17, 15) is 0 Å². The molecule has 0 amide bonds. The van der Waals surface area contributed by atoms with Crippen molar-refractivity contribution in [3.05, 3.63) is 0 Å². The van der Waals surface area contributed by atoms with Crippen LogP contribution in [0.3, 0.4) is 0 Å². The summed E-state index contributed by atoms with van der Waals surface area (Å²) in [5.41, 5.74) is 0. The Balaban J connectivity index is 2.80. The first kappa shape index (κ1) is 5.58. The summed E-state index contributed by atoms with van der Waals surface area (Å²) in [4.78, 5) is 4.68. The van der Waals surface area contributed by atoms with E-state index in [0.717, 1.165) is 0 Å². The minimum atomic E-state index is -0.347. The van der Waals surface area contributed by atoms with Crippen molar-refractivity contribution >= 4 is 32.8 Å². The van der Waals surface area contributed by atoms with E-state index in [4.69, 9.17) is 0 Å². The van der Waals surface area contributed by atoms with E-state index in [1.807, 2.05) is 0 Å². The van der Waals surface area contributed by atoms with Gasteiger partial charge in [0.05, 0.1) is 0 Å². The summed E-state index contributed by atoms with van der Waals surface area (Å²) < 4.78 is 0. The summed E-state index contributed by atoms with van der Waals surface area (Å²) in [6.07, 6.45) is 0. The molecule has 0 spiro atoms. The fourth-order valence-corrected chi connectivity index (χ4v) is 0. The molecule has 0 atom stereocenters. The molecule has 0 unspecified atom stereocenters. The van der Waals surface area contributed by atoms with Crippen molar-refractivity contribution in [3.8, 4) is 0 Å². The standard InChI is InChI=1S/C2H6Te2/c1-4(2)3/h1-2H3. The van der Waals surface area contributed by atoms with Crippen molar-refractivity contribution in [2.45, 2.75) is 9.94 Å². The quantitative estimate of drug-likeness (QED) is 0.566. The topological polar surface area (TPSA) is 0 Å². The van der Waals surface area contributed by atoms with Gasteiger partial charge in [-0.15, -0.1) is 0 Å². The van der Waals surface area contributed by atoms with Crippen molar-refractivity contribution in [1.82, 2.24) is 0 Å². The molecule has 0 aromatic carbocycles. The SMILES string of the molecule is C[Te](C)=[Te]. The molecule has 0 aliphatic rings. The first-order valence-corrected chi connectivity index (χ1v) is 13.0. The Hall–Kier alpha value is 1.58. The van der Waals surface area contributed by atoms with Gasteiger partial charge in [0, 0.05) is 0 Å². The van der Waals surface area contributed by atoms with Crippen LogP contribution in [0.15, 0.2) is 0 Å². The van der Waals surface area contributed by atoms with Crippen LogP contribution in [-0.2, 0) is 0 Å². The monoisotopic (exact) mass is 290 g/mol. The molecular formula is C2H6Te2. The van der Waals surface area contributed by atoms with Crippen LogP contribution in [0.5, 0.6) is 0 Å². The van der Waals surface area contributed by atoms with Crippen LogP contribution in [0.25, 0.3) is 0 Å². The maximum atomic E-state index is 2.34. The second kappa shape index (κ2) is 2.80. The molecule has 0 saturated carbocycles. The molecule has 2 heteroatoms. The van der Waals surface area contributed by atoms with Gasteiger partial charge in [-0.05, 0) is 0 Å². The van der Waals surface area contributed by atoms with E-state index in [1.165, 1.54) is 0 Å². The molecular weight excluding hydrogens is 279 g/mol. The molecule has 0 aliphatic heterocycles. The third kappa shape index (κ3) is 9.55. The van der Waals surface area contributed by atoms with Crippen molar-refractivity contribution in [1.29, 1.82) is 0 Å². The summed E-state index contributed by atoms with van der Waals surface area (Å²) in [5, 5.41) is 0. The van der Waals surface area contributed by atoms with Crippen LogP contribution in [0.4, 0.5) is 0 Å². The van der Waals surface area contributed by atoms with Gasteiger partial charge < -0.3 is 0 Å². The summed E-state index contributed by atoms with van der Waals surface area (Å²) in [5.74, 6) is 0. The van der Waals surface area contributed by atoms with E-state index in [1.54, 1.807) is 0 Å². The van der Waals surface area contributed by atoms with E-state index in [2.05, 4.69) is 27.7 Å². The van der Waals surface area contributed by atoms with Gasteiger partial charge in [-0.1, -0.05) is 0 Å². The van der Waals surface area contributed by atoms with Crippen LogP contribution in [0.1, 0.15) is 0 Å². The number of hydrogen-bond donors (Lipinski definition) is 0. The van der Waals surface area contributed by atoms with Gasteiger partial charge in [0.15, 0.2) is 0 Å². The molecule has 0 nitrogen and oxygen atoms in total. The van der Waals surface area contributed by atoms with Gasteiger partial charge in [0.2, 0.25) is 0 Å². The van der Waals surface area contributed by atoms with Crippen LogP contribution >= 0.6 is 0 Å². The Labute approximate surface area is 42.4 Å². The van der Waals surface area contributed by atoms with Crippen molar-refractivity contribution in [2.75, 3.05) is 0 Å². The zero-order valence-corrected chi connectivity index (χ0v) is 7.48. The van der Waals surface area contributed by atoms with Gasteiger partial charge in [-0.3, -0.25) is 0 Å². The fourth-order valence-electron chi connectivity index (χ4n) is 0. The second-order valence-corrected chi connectivity index (χ2v) is 17.7. The summed E-state index contributed by atoms with van der Waals surface area (Å²) in [7, 11) is 0. The molecule has 0 radical (unpaired) electrons. The van der Waals surface area contributed by atoms with Gasteiger partial charge in [-0.2, -0.15) is 0 Å². The normalized spacial score (nSPS) is 8.75. The molecule has 0 N–H and O–H groups in total. The van der Waals surface area contributed by atoms with E-state index >= 15 is 0 Å². The van der Waals surface area contributed by atoms with Gasteiger partial charge in [0.25, 0.3) is 0 Å². The molecule has 0 heterocycles. The van der Waals surface area contributed by atoms with Crippen molar-refractivity contribution in [2.24, 2.45) is 0 Å². The Morgan fingerprint density at radius 3 is 1.50 bits per heavy atom. The van der Waals surface area contributed by atoms with Crippen LogP contribution in [0, 0.1) is 0 Å². The van der Waals surface area contributed by atoms with Crippen LogP contribution < -0.4 is 0 Å². The van der Waals surface area contributed by atoms with Crippen LogP contribution in [0.2, 0.25) is 9.94 Å². The predicted molar refractivity (Wildman–Crippen MR) is 23.2 cm³/mol. The van der Waals surface area contributed by atoms with Crippen molar-refractivity contribution < 1.29 is 0 Å². The number of rotatable bonds is 0. The first-order chi connectivity index (χ1) is 1.73. The fraction of sp³-hybridized carbons (Fsp3) is 1.00. The van der Waals surface area contributed by atoms with Gasteiger partial charge in [-0.25, -0.2) is 0 Å². The molecule has 0 fully saturated rings. The minimum absolute atomic E-state index is 0.347. The summed E-state index contributed by atoms with van der Waals surface area (Å²) >= 11 is 1.93. The Bertz CT molecular complexity index is 27.0. The van der Waals surface area contributed by atoms with E-state index in [-0.39, 0.29) is 15.1 Å². The summed E-state index contributed by atoms with van der Waals surface area (Å²) in [6, 6.07) is 0. The maximum absolute atomic E-state index is 2.34. The molecule has 0 aliphatic carbocycles. The average Bonchev–Trinajstić information content (AvgIpc) is 0.811. The zero-order valence-electron chi connectivity index (χ0n) is 2.82. The molecule has 0 aromatic rings. The van der Waals surface area contributed by atoms with Gasteiger partial charge in [0.1, 0.15) is 0 Å². The van der Waals surface area contributed by atoms with E-state index < -0.39 is 0 Å². The first-order valence-electron chi connectivity index (χ1n) is 0.983. The third-order valence-corrected chi connectivity index (χ3v) is 0. The third-order valence-electron chi connectivity index (χ3n) is 0. The van der Waals surface area contributed by atoms with E-state index in [0.29, 0.717) is 0 Å². The summed E-state index contributed by atoms with van der Waals surface area (Å²) in [6.45, 7) is 0. The Morgan fingerprint density at radius 2 is 1.50 bits per heavy atom. The second-order valence-electron chi connectivity index (χ2n) is 0.742. The molecule has 0 saturated heterocycles. The molecule has 0 bridgehead atoms. The van der Waals surface area contributed by atoms with Crippen LogP contribution in [-0.4, -0.2) is 32.8 Å². The average molecular weight is 285 g/mol. The van der Waals surface area contributed by atoms with Crippen molar-refractivity contribution in [3.63, 3.8) is 0 Å². The number of hydrogen-bond acceptors (Lipinski definition) is 0.